The highest BCUT2D eigenvalue weighted by Gasteiger charge is 2.24. The van der Waals surface area contributed by atoms with Gasteiger partial charge in [0.1, 0.15) is 5.75 Å². The highest BCUT2D eigenvalue weighted by atomic mass is 16.5. The molecule has 0 saturated carbocycles. The van der Waals surface area contributed by atoms with Gasteiger partial charge in [-0.15, -0.1) is 5.10 Å². The molecule has 0 fully saturated rings. The van der Waals surface area contributed by atoms with Crippen molar-refractivity contribution in [3.05, 3.63) is 66.0 Å². The van der Waals surface area contributed by atoms with Crippen LogP contribution in [-0.2, 0) is 9.53 Å². The summed E-state index contributed by atoms with van der Waals surface area (Å²) >= 11 is 0. The Kier molecular flexibility index (Phi) is 6.23. The van der Waals surface area contributed by atoms with E-state index in [1.54, 1.807) is 25.1 Å². The van der Waals surface area contributed by atoms with Gasteiger partial charge in [0.05, 0.1) is 23.7 Å². The molecule has 8 nitrogen and oxygen atoms in total. The average molecular weight is 394 g/mol. The molecule has 0 aliphatic rings. The van der Waals surface area contributed by atoms with Crippen LogP contribution in [0.1, 0.15) is 30.0 Å². The van der Waals surface area contributed by atoms with Crippen LogP contribution in [0.3, 0.4) is 0 Å². The summed E-state index contributed by atoms with van der Waals surface area (Å²) in [6, 6.07) is 16.3. The van der Waals surface area contributed by atoms with E-state index in [9.17, 15) is 9.59 Å². The second-order valence-corrected chi connectivity index (χ2v) is 6.22. The summed E-state index contributed by atoms with van der Waals surface area (Å²) in [6.07, 6.45) is -1.03. The number of hydrogen-bond donors (Lipinski definition) is 1. The van der Waals surface area contributed by atoms with Crippen LogP contribution >= 0.6 is 0 Å². The Morgan fingerprint density at radius 3 is 2.48 bits per heavy atom. The monoisotopic (exact) mass is 394 g/mol. The molecule has 0 aliphatic heterocycles. The van der Waals surface area contributed by atoms with Gasteiger partial charge in [0, 0.05) is 0 Å². The number of rotatable bonds is 7. The SMILES string of the molecule is CCOc1ccccc1NC(=O)C(C)OC(=O)c1nn(-c2ccccc2)nc1C. The second kappa shape index (κ2) is 9.01. The topological polar surface area (TPSA) is 95.3 Å². The predicted molar refractivity (Wildman–Crippen MR) is 107 cm³/mol. The van der Waals surface area contributed by atoms with Gasteiger partial charge in [-0.2, -0.15) is 9.90 Å². The summed E-state index contributed by atoms with van der Waals surface area (Å²) < 4.78 is 10.8. The summed E-state index contributed by atoms with van der Waals surface area (Å²) in [6.45, 7) is 5.47. The lowest BCUT2D eigenvalue weighted by atomic mass is 10.2. The van der Waals surface area contributed by atoms with E-state index in [2.05, 4.69) is 15.5 Å². The second-order valence-electron chi connectivity index (χ2n) is 6.22. The number of ether oxygens (including phenoxy) is 2. The average Bonchev–Trinajstić information content (AvgIpc) is 3.12. The molecule has 1 heterocycles. The highest BCUT2D eigenvalue weighted by molar-refractivity contribution is 5.97. The lowest BCUT2D eigenvalue weighted by Gasteiger charge is -2.15. The van der Waals surface area contributed by atoms with E-state index in [0.717, 1.165) is 0 Å². The summed E-state index contributed by atoms with van der Waals surface area (Å²) in [7, 11) is 0. The fourth-order valence-electron chi connectivity index (χ4n) is 2.60. The number of carbonyl (C=O) groups excluding carboxylic acids is 2. The van der Waals surface area contributed by atoms with Crippen molar-refractivity contribution in [1.29, 1.82) is 0 Å². The van der Waals surface area contributed by atoms with Crippen LogP contribution in [0.25, 0.3) is 5.69 Å². The van der Waals surface area contributed by atoms with E-state index < -0.39 is 18.0 Å². The van der Waals surface area contributed by atoms with Crippen LogP contribution < -0.4 is 10.1 Å². The molecule has 3 aromatic rings. The number of esters is 1. The summed E-state index contributed by atoms with van der Waals surface area (Å²) in [4.78, 5) is 26.3. The molecule has 0 radical (unpaired) electrons. The van der Waals surface area contributed by atoms with E-state index in [4.69, 9.17) is 9.47 Å². The van der Waals surface area contributed by atoms with E-state index >= 15 is 0 Å². The molecule has 1 amide bonds. The predicted octanol–water partition coefficient (Wildman–Crippen LogP) is 3.16. The zero-order valence-corrected chi connectivity index (χ0v) is 16.5. The fraction of sp³-hybridized carbons (Fsp3) is 0.238. The Morgan fingerprint density at radius 2 is 1.76 bits per heavy atom. The number of amides is 1. The van der Waals surface area contributed by atoms with E-state index in [1.165, 1.54) is 11.7 Å². The normalized spacial score (nSPS) is 11.6. The minimum atomic E-state index is -1.03. The Morgan fingerprint density at radius 1 is 1.07 bits per heavy atom. The first-order chi connectivity index (χ1) is 14.0. The summed E-state index contributed by atoms with van der Waals surface area (Å²) in [5.74, 6) is -0.646. The van der Waals surface area contributed by atoms with Crippen molar-refractivity contribution >= 4 is 17.6 Å². The van der Waals surface area contributed by atoms with Crippen molar-refractivity contribution in [3.8, 4) is 11.4 Å². The van der Waals surface area contributed by atoms with Gasteiger partial charge in [0.25, 0.3) is 5.91 Å². The Balaban J connectivity index is 1.68. The number of carbonyl (C=O) groups is 2. The van der Waals surface area contributed by atoms with Gasteiger partial charge >= 0.3 is 5.97 Å². The van der Waals surface area contributed by atoms with E-state index in [-0.39, 0.29) is 5.69 Å². The summed E-state index contributed by atoms with van der Waals surface area (Å²) in [5.41, 5.74) is 1.69. The third kappa shape index (κ3) is 4.78. The molecule has 0 aliphatic carbocycles. The molecular weight excluding hydrogens is 372 g/mol. The summed E-state index contributed by atoms with van der Waals surface area (Å²) in [5, 5.41) is 11.2. The number of aromatic nitrogens is 3. The maximum absolute atomic E-state index is 12.5. The Hall–Kier alpha value is -3.68. The van der Waals surface area contributed by atoms with Gasteiger partial charge in [-0.3, -0.25) is 4.79 Å². The van der Waals surface area contributed by atoms with Crippen molar-refractivity contribution in [2.75, 3.05) is 11.9 Å². The zero-order chi connectivity index (χ0) is 20.8. The fourth-order valence-corrected chi connectivity index (χ4v) is 2.60. The van der Waals surface area contributed by atoms with Gasteiger partial charge in [0.15, 0.2) is 11.8 Å². The molecule has 2 aromatic carbocycles. The lowest BCUT2D eigenvalue weighted by molar-refractivity contribution is -0.123. The van der Waals surface area contributed by atoms with Crippen LogP contribution in [0.15, 0.2) is 54.6 Å². The number of para-hydroxylation sites is 3. The number of benzene rings is 2. The first-order valence-electron chi connectivity index (χ1n) is 9.22. The molecule has 1 aromatic heterocycles. The largest absolute Gasteiger partial charge is 0.492 e. The van der Waals surface area contributed by atoms with E-state index in [1.807, 2.05) is 43.3 Å². The molecule has 0 spiro atoms. The zero-order valence-electron chi connectivity index (χ0n) is 16.5. The third-order valence-electron chi connectivity index (χ3n) is 4.06. The first kappa shape index (κ1) is 20.1. The quantitative estimate of drug-likeness (QED) is 0.619. The maximum atomic E-state index is 12.5. The third-order valence-corrected chi connectivity index (χ3v) is 4.06. The van der Waals surface area contributed by atoms with Crippen LogP contribution in [0.4, 0.5) is 5.69 Å². The molecule has 3 rings (SSSR count). The molecule has 0 bridgehead atoms. The molecule has 29 heavy (non-hydrogen) atoms. The van der Waals surface area contributed by atoms with Crippen LogP contribution in [0.2, 0.25) is 0 Å². The Bertz CT molecular complexity index is 1000. The maximum Gasteiger partial charge on any atom is 0.361 e. The van der Waals surface area contributed by atoms with Gasteiger partial charge in [-0.25, -0.2) is 4.79 Å². The van der Waals surface area contributed by atoms with Crippen LogP contribution in [-0.4, -0.2) is 39.6 Å². The standard InChI is InChI=1S/C21H22N4O4/c1-4-28-18-13-9-8-12-17(18)22-20(26)15(3)29-21(27)19-14(2)23-25(24-19)16-10-6-5-7-11-16/h5-13,15H,4H2,1-3H3,(H,22,26). The van der Waals surface area contributed by atoms with Crippen LogP contribution in [0, 0.1) is 6.92 Å². The molecule has 1 unspecified atom stereocenters. The minimum Gasteiger partial charge on any atom is -0.492 e. The van der Waals surface area contributed by atoms with Crippen molar-refractivity contribution in [1.82, 2.24) is 15.0 Å². The highest BCUT2D eigenvalue weighted by Crippen LogP contribution is 2.24. The number of nitrogens with one attached hydrogen (secondary N) is 1. The van der Waals surface area contributed by atoms with Crippen molar-refractivity contribution in [2.24, 2.45) is 0 Å². The first-order valence-corrected chi connectivity index (χ1v) is 9.22. The smallest absolute Gasteiger partial charge is 0.361 e. The number of hydrogen-bond acceptors (Lipinski definition) is 6. The van der Waals surface area contributed by atoms with Crippen molar-refractivity contribution in [3.63, 3.8) is 0 Å². The van der Waals surface area contributed by atoms with Gasteiger partial charge in [-0.05, 0) is 45.0 Å². The number of nitrogens with zero attached hydrogens (tertiary/aromatic N) is 3. The number of aryl methyl sites for hydroxylation is 1. The van der Waals surface area contributed by atoms with Gasteiger partial charge in [0.2, 0.25) is 0 Å². The Labute approximate surface area is 168 Å². The molecule has 150 valence electrons. The van der Waals surface area contributed by atoms with Crippen LogP contribution in [0.5, 0.6) is 5.75 Å². The molecule has 8 heteroatoms. The van der Waals surface area contributed by atoms with Crippen molar-refractivity contribution in [2.45, 2.75) is 26.9 Å². The van der Waals surface area contributed by atoms with Gasteiger partial charge in [-0.1, -0.05) is 30.3 Å². The molecule has 1 N–H and O–H groups in total. The number of anilines is 1. The molecule has 1 atom stereocenters. The van der Waals surface area contributed by atoms with Gasteiger partial charge < -0.3 is 14.8 Å². The van der Waals surface area contributed by atoms with E-state index in [0.29, 0.717) is 29.4 Å². The lowest BCUT2D eigenvalue weighted by Crippen LogP contribution is -2.30. The van der Waals surface area contributed by atoms with Crippen molar-refractivity contribution < 1.29 is 19.1 Å². The molecular formula is C21H22N4O4. The minimum absolute atomic E-state index is 0.0585. The molecule has 0 saturated heterocycles.